The number of fused-ring (bicyclic) bond motifs is 1. The summed E-state index contributed by atoms with van der Waals surface area (Å²) in [7, 11) is 0. The van der Waals surface area contributed by atoms with Gasteiger partial charge in [-0.05, 0) is 63.8 Å². The number of hydrogen-bond acceptors (Lipinski definition) is 4. The zero-order valence-corrected chi connectivity index (χ0v) is 14.6. The number of anilines is 1. The van der Waals surface area contributed by atoms with Crippen LogP contribution in [0.15, 0.2) is 27.4 Å². The molecule has 0 saturated carbocycles. The second-order valence-corrected chi connectivity index (χ2v) is 7.20. The van der Waals surface area contributed by atoms with Gasteiger partial charge in [0.2, 0.25) is 5.91 Å². The molecular weight excluding hydrogens is 306 g/mol. The standard InChI is InChI=1S/C19H23NO4/c1-11-8-17(21)24-16-7-12(2)15(9-14(11)16)20-18(22)13-5-6-23-19(3,4)10-13/h7-9,13H,5-6,10H2,1-4H3,(H,20,22). The molecule has 1 amide bonds. The van der Waals surface area contributed by atoms with Crippen LogP contribution in [0.5, 0.6) is 0 Å². The van der Waals surface area contributed by atoms with Gasteiger partial charge in [0.1, 0.15) is 5.58 Å². The van der Waals surface area contributed by atoms with Gasteiger partial charge in [-0.25, -0.2) is 4.79 Å². The molecule has 1 aromatic carbocycles. The van der Waals surface area contributed by atoms with Gasteiger partial charge in [0.25, 0.3) is 0 Å². The van der Waals surface area contributed by atoms with Crippen molar-refractivity contribution in [3.8, 4) is 0 Å². The van der Waals surface area contributed by atoms with E-state index < -0.39 is 0 Å². The van der Waals surface area contributed by atoms with Crippen molar-refractivity contribution in [2.24, 2.45) is 5.92 Å². The van der Waals surface area contributed by atoms with Crippen LogP contribution >= 0.6 is 0 Å². The molecule has 1 fully saturated rings. The van der Waals surface area contributed by atoms with E-state index in [1.54, 1.807) is 6.07 Å². The molecule has 1 aromatic heterocycles. The minimum absolute atomic E-state index is 0.0175. The van der Waals surface area contributed by atoms with Gasteiger partial charge in [-0.1, -0.05) is 0 Å². The molecule has 0 aliphatic carbocycles. The molecule has 2 aromatic rings. The summed E-state index contributed by atoms with van der Waals surface area (Å²) in [5.41, 5.74) is 2.38. The molecule has 1 saturated heterocycles. The molecule has 5 nitrogen and oxygen atoms in total. The number of carbonyl (C=O) groups excluding carboxylic acids is 1. The Bertz CT molecular complexity index is 850. The van der Waals surface area contributed by atoms with Crippen LogP contribution in [-0.4, -0.2) is 18.1 Å². The van der Waals surface area contributed by atoms with Crippen molar-refractivity contribution in [1.29, 1.82) is 0 Å². The first-order valence-corrected chi connectivity index (χ1v) is 8.25. The summed E-state index contributed by atoms with van der Waals surface area (Å²) in [4.78, 5) is 24.1. The summed E-state index contributed by atoms with van der Waals surface area (Å²) in [6.45, 7) is 8.39. The molecule has 24 heavy (non-hydrogen) atoms. The van der Waals surface area contributed by atoms with Crippen molar-refractivity contribution in [3.63, 3.8) is 0 Å². The van der Waals surface area contributed by atoms with Crippen LogP contribution in [0.4, 0.5) is 5.69 Å². The Morgan fingerprint density at radius 1 is 1.21 bits per heavy atom. The van der Waals surface area contributed by atoms with Crippen LogP contribution in [0, 0.1) is 19.8 Å². The highest BCUT2D eigenvalue weighted by Crippen LogP contribution is 2.31. The number of carbonyl (C=O) groups is 1. The highest BCUT2D eigenvalue weighted by atomic mass is 16.5. The number of hydrogen-bond donors (Lipinski definition) is 1. The molecule has 3 rings (SSSR count). The van der Waals surface area contributed by atoms with Crippen LogP contribution in [-0.2, 0) is 9.53 Å². The van der Waals surface area contributed by atoms with Crippen LogP contribution in [0.25, 0.3) is 11.0 Å². The number of nitrogens with one attached hydrogen (secondary N) is 1. The maximum atomic E-state index is 12.6. The Labute approximate surface area is 141 Å². The molecule has 2 heterocycles. The number of ether oxygens (including phenoxy) is 1. The summed E-state index contributed by atoms with van der Waals surface area (Å²) >= 11 is 0. The summed E-state index contributed by atoms with van der Waals surface area (Å²) in [6.07, 6.45) is 1.44. The van der Waals surface area contributed by atoms with Crippen molar-refractivity contribution < 1.29 is 13.9 Å². The lowest BCUT2D eigenvalue weighted by atomic mass is 9.87. The largest absolute Gasteiger partial charge is 0.423 e. The summed E-state index contributed by atoms with van der Waals surface area (Å²) in [5.74, 6) is -0.0393. The van der Waals surface area contributed by atoms with Crippen molar-refractivity contribution in [3.05, 3.63) is 39.7 Å². The van der Waals surface area contributed by atoms with E-state index in [1.807, 2.05) is 33.8 Å². The lowest BCUT2D eigenvalue weighted by Gasteiger charge is -2.34. The van der Waals surface area contributed by atoms with E-state index in [9.17, 15) is 9.59 Å². The van der Waals surface area contributed by atoms with E-state index >= 15 is 0 Å². The SMILES string of the molecule is Cc1cc2oc(=O)cc(C)c2cc1NC(=O)C1CCOC(C)(C)C1. The van der Waals surface area contributed by atoms with E-state index in [-0.39, 0.29) is 23.1 Å². The fourth-order valence-corrected chi connectivity index (χ4v) is 3.29. The maximum Gasteiger partial charge on any atom is 0.336 e. The fraction of sp³-hybridized carbons (Fsp3) is 0.474. The number of benzene rings is 1. The second-order valence-electron chi connectivity index (χ2n) is 7.20. The first kappa shape index (κ1) is 16.7. The monoisotopic (exact) mass is 329 g/mol. The molecule has 128 valence electrons. The maximum absolute atomic E-state index is 12.6. The zero-order valence-electron chi connectivity index (χ0n) is 14.6. The highest BCUT2D eigenvalue weighted by molar-refractivity contribution is 5.96. The van der Waals surface area contributed by atoms with Gasteiger partial charge < -0.3 is 14.5 Å². The molecule has 0 spiro atoms. The fourth-order valence-electron chi connectivity index (χ4n) is 3.29. The molecule has 1 aliphatic heterocycles. The van der Waals surface area contributed by atoms with E-state index in [2.05, 4.69) is 5.32 Å². The van der Waals surface area contributed by atoms with Gasteiger partial charge in [-0.3, -0.25) is 4.79 Å². The first-order valence-electron chi connectivity index (χ1n) is 8.25. The minimum atomic E-state index is -0.361. The third kappa shape index (κ3) is 3.36. The smallest absolute Gasteiger partial charge is 0.336 e. The van der Waals surface area contributed by atoms with Crippen LogP contribution in [0.2, 0.25) is 0 Å². The van der Waals surface area contributed by atoms with Crippen LogP contribution in [0.3, 0.4) is 0 Å². The Hall–Kier alpha value is -2.14. The predicted molar refractivity (Wildman–Crippen MR) is 93.3 cm³/mol. The van der Waals surface area contributed by atoms with Crippen molar-refractivity contribution in [1.82, 2.24) is 0 Å². The van der Waals surface area contributed by atoms with E-state index in [0.29, 0.717) is 18.6 Å². The molecule has 1 unspecified atom stereocenters. The Morgan fingerprint density at radius 2 is 1.96 bits per heavy atom. The minimum Gasteiger partial charge on any atom is -0.423 e. The molecular formula is C19H23NO4. The molecule has 5 heteroatoms. The number of rotatable bonds is 2. The molecule has 0 radical (unpaired) electrons. The Balaban J connectivity index is 1.88. The van der Waals surface area contributed by atoms with Gasteiger partial charge in [0.15, 0.2) is 0 Å². The van der Waals surface area contributed by atoms with Gasteiger partial charge in [0.05, 0.1) is 5.60 Å². The van der Waals surface area contributed by atoms with Gasteiger partial charge in [0, 0.05) is 29.7 Å². The van der Waals surface area contributed by atoms with E-state index in [4.69, 9.17) is 9.15 Å². The summed E-state index contributed by atoms with van der Waals surface area (Å²) in [6, 6.07) is 5.14. The average Bonchev–Trinajstić information content (AvgIpc) is 2.47. The Morgan fingerprint density at radius 3 is 2.67 bits per heavy atom. The third-order valence-electron chi connectivity index (χ3n) is 4.62. The lowest BCUT2D eigenvalue weighted by Crippen LogP contribution is -2.39. The molecule has 1 atom stereocenters. The van der Waals surface area contributed by atoms with Gasteiger partial charge in [-0.15, -0.1) is 0 Å². The quantitative estimate of drug-likeness (QED) is 0.856. The Kier molecular flexibility index (Phi) is 4.22. The number of aryl methyl sites for hydroxylation is 2. The van der Waals surface area contributed by atoms with Gasteiger partial charge >= 0.3 is 5.63 Å². The van der Waals surface area contributed by atoms with Crippen molar-refractivity contribution in [2.75, 3.05) is 11.9 Å². The van der Waals surface area contributed by atoms with Crippen LogP contribution < -0.4 is 10.9 Å². The highest BCUT2D eigenvalue weighted by Gasteiger charge is 2.33. The van der Waals surface area contributed by atoms with Crippen molar-refractivity contribution >= 4 is 22.6 Å². The second kappa shape index (κ2) is 6.06. The predicted octanol–water partition coefficient (Wildman–Crippen LogP) is 3.55. The van der Waals surface area contributed by atoms with Crippen LogP contribution in [0.1, 0.15) is 37.8 Å². The summed E-state index contributed by atoms with van der Waals surface area (Å²) < 4.78 is 10.9. The number of amides is 1. The third-order valence-corrected chi connectivity index (χ3v) is 4.62. The molecule has 1 aliphatic rings. The topological polar surface area (TPSA) is 68.5 Å². The zero-order chi connectivity index (χ0) is 17.5. The van der Waals surface area contributed by atoms with E-state index in [1.165, 1.54) is 6.07 Å². The van der Waals surface area contributed by atoms with Crippen molar-refractivity contribution in [2.45, 2.75) is 46.1 Å². The molecule has 1 N–H and O–H groups in total. The van der Waals surface area contributed by atoms with Gasteiger partial charge in [-0.2, -0.15) is 0 Å². The lowest BCUT2D eigenvalue weighted by molar-refractivity contribution is -0.130. The molecule has 0 bridgehead atoms. The normalized spacial score (nSPS) is 20.1. The first-order chi connectivity index (χ1) is 11.2. The average molecular weight is 329 g/mol. The summed E-state index contributed by atoms with van der Waals surface area (Å²) in [5, 5.41) is 3.87. The van der Waals surface area contributed by atoms with E-state index in [0.717, 1.165) is 28.6 Å².